The first-order chi connectivity index (χ1) is 16.9. The van der Waals surface area contributed by atoms with Crippen LogP contribution in [-0.2, 0) is 17.9 Å². The molecular formula is C28H31ClFN3O2. The van der Waals surface area contributed by atoms with Gasteiger partial charge in [0.1, 0.15) is 11.6 Å². The van der Waals surface area contributed by atoms with Crippen molar-refractivity contribution in [2.24, 2.45) is 0 Å². The Balaban J connectivity index is 1.34. The van der Waals surface area contributed by atoms with Crippen molar-refractivity contribution in [3.05, 3.63) is 94.8 Å². The van der Waals surface area contributed by atoms with E-state index in [1.807, 2.05) is 53.4 Å². The molecule has 0 aliphatic carbocycles. The van der Waals surface area contributed by atoms with Crippen LogP contribution in [0.4, 0.5) is 10.1 Å². The number of carbonyl (C=O) groups excluding carboxylic acids is 1. The van der Waals surface area contributed by atoms with Gasteiger partial charge in [-0.15, -0.1) is 0 Å². The molecule has 2 unspecified atom stereocenters. The predicted octanol–water partition coefficient (Wildman–Crippen LogP) is 5.59. The highest BCUT2D eigenvalue weighted by molar-refractivity contribution is 6.30. The summed E-state index contributed by atoms with van der Waals surface area (Å²) < 4.78 is 19.2. The molecule has 1 fully saturated rings. The van der Waals surface area contributed by atoms with Crippen LogP contribution in [0.15, 0.2) is 72.8 Å². The minimum Gasteiger partial charge on any atom is -0.482 e. The molecule has 0 radical (unpaired) electrons. The molecule has 1 aliphatic heterocycles. The van der Waals surface area contributed by atoms with Gasteiger partial charge in [0.2, 0.25) is 0 Å². The molecule has 1 heterocycles. The highest BCUT2D eigenvalue weighted by Gasteiger charge is 2.32. The summed E-state index contributed by atoms with van der Waals surface area (Å²) in [6.45, 7) is 6.83. The van der Waals surface area contributed by atoms with E-state index >= 15 is 0 Å². The van der Waals surface area contributed by atoms with Crippen LogP contribution in [0.3, 0.4) is 0 Å². The minimum absolute atomic E-state index is 0.0450. The molecule has 0 bridgehead atoms. The van der Waals surface area contributed by atoms with Crippen LogP contribution in [-0.4, -0.2) is 47.5 Å². The van der Waals surface area contributed by atoms with E-state index in [9.17, 15) is 9.18 Å². The molecule has 5 nitrogen and oxygen atoms in total. The molecule has 3 aromatic rings. The number of amides is 1. The number of anilines is 1. The lowest BCUT2D eigenvalue weighted by molar-refractivity contribution is -0.139. The number of halogens is 2. The number of hydrogen-bond acceptors (Lipinski definition) is 4. The van der Waals surface area contributed by atoms with E-state index in [-0.39, 0.29) is 30.4 Å². The summed E-state index contributed by atoms with van der Waals surface area (Å²) in [6.07, 6.45) is 0. The van der Waals surface area contributed by atoms with Gasteiger partial charge in [0.25, 0.3) is 5.91 Å². The van der Waals surface area contributed by atoms with Gasteiger partial charge in [-0.3, -0.25) is 9.69 Å². The topological polar surface area (TPSA) is 44.8 Å². The van der Waals surface area contributed by atoms with Crippen LogP contribution in [0.5, 0.6) is 5.75 Å². The van der Waals surface area contributed by atoms with Gasteiger partial charge in [-0.05, 0) is 55.3 Å². The first-order valence-corrected chi connectivity index (χ1v) is 12.2. The van der Waals surface area contributed by atoms with Crippen molar-refractivity contribution in [1.29, 1.82) is 0 Å². The zero-order valence-electron chi connectivity index (χ0n) is 20.1. The molecule has 1 saturated heterocycles. The van der Waals surface area contributed by atoms with Crippen molar-refractivity contribution in [2.45, 2.75) is 39.0 Å². The van der Waals surface area contributed by atoms with Crippen LogP contribution in [0.25, 0.3) is 0 Å². The SMILES string of the molecule is CC1CN(C(=O)COc2ccc(Cl)cc2NCc2ccccc2)C(C)CN1Cc1ccc(F)cc1. The van der Waals surface area contributed by atoms with Crippen LogP contribution in [0, 0.1) is 5.82 Å². The molecule has 1 N–H and O–H groups in total. The van der Waals surface area contributed by atoms with E-state index in [0.29, 0.717) is 23.9 Å². The fourth-order valence-electron chi connectivity index (χ4n) is 4.37. The number of rotatable bonds is 8. The third kappa shape index (κ3) is 6.74. The third-order valence-corrected chi connectivity index (χ3v) is 6.59. The first kappa shape index (κ1) is 25.0. The largest absolute Gasteiger partial charge is 0.482 e. The predicted molar refractivity (Wildman–Crippen MR) is 138 cm³/mol. The van der Waals surface area contributed by atoms with Gasteiger partial charge in [-0.25, -0.2) is 4.39 Å². The number of piperazine rings is 1. The Morgan fingerprint density at radius 2 is 1.74 bits per heavy atom. The number of ether oxygens (including phenoxy) is 1. The second kappa shape index (κ2) is 11.6. The molecule has 0 saturated carbocycles. The van der Waals surface area contributed by atoms with Crippen LogP contribution in [0.1, 0.15) is 25.0 Å². The van der Waals surface area contributed by atoms with Gasteiger partial charge in [0.15, 0.2) is 6.61 Å². The number of carbonyl (C=O) groups is 1. The van der Waals surface area contributed by atoms with E-state index in [2.05, 4.69) is 24.1 Å². The van der Waals surface area contributed by atoms with Crippen LogP contribution in [0.2, 0.25) is 5.02 Å². The minimum atomic E-state index is -0.232. The van der Waals surface area contributed by atoms with Crippen molar-refractivity contribution in [1.82, 2.24) is 9.80 Å². The molecule has 2 atom stereocenters. The fraction of sp³-hybridized carbons (Fsp3) is 0.321. The smallest absolute Gasteiger partial charge is 0.260 e. The van der Waals surface area contributed by atoms with Crippen molar-refractivity contribution in [3.8, 4) is 5.75 Å². The molecule has 1 aliphatic rings. The zero-order chi connectivity index (χ0) is 24.8. The van der Waals surface area contributed by atoms with Crippen molar-refractivity contribution < 1.29 is 13.9 Å². The summed E-state index contributed by atoms with van der Waals surface area (Å²) in [5.74, 6) is 0.314. The number of benzene rings is 3. The Hall–Kier alpha value is -3.09. The molecular weight excluding hydrogens is 465 g/mol. The Kier molecular flexibility index (Phi) is 8.26. The maximum absolute atomic E-state index is 13.2. The number of nitrogens with one attached hydrogen (secondary N) is 1. The van der Waals surface area contributed by atoms with Gasteiger partial charge in [-0.2, -0.15) is 0 Å². The van der Waals surface area contributed by atoms with Crippen LogP contribution >= 0.6 is 11.6 Å². The number of hydrogen-bond donors (Lipinski definition) is 1. The van der Waals surface area contributed by atoms with Crippen molar-refractivity contribution >= 4 is 23.2 Å². The molecule has 35 heavy (non-hydrogen) atoms. The summed E-state index contributed by atoms with van der Waals surface area (Å²) >= 11 is 6.20. The average molecular weight is 496 g/mol. The highest BCUT2D eigenvalue weighted by Crippen LogP contribution is 2.29. The van der Waals surface area contributed by atoms with Crippen molar-refractivity contribution in [2.75, 3.05) is 25.0 Å². The van der Waals surface area contributed by atoms with Gasteiger partial charge in [0.05, 0.1) is 5.69 Å². The van der Waals surface area contributed by atoms with Gasteiger partial charge in [0, 0.05) is 43.3 Å². The zero-order valence-corrected chi connectivity index (χ0v) is 20.8. The second-order valence-electron chi connectivity index (χ2n) is 9.07. The maximum Gasteiger partial charge on any atom is 0.260 e. The Morgan fingerprint density at radius 1 is 1.00 bits per heavy atom. The van der Waals surface area contributed by atoms with Crippen molar-refractivity contribution in [3.63, 3.8) is 0 Å². The summed E-state index contributed by atoms with van der Waals surface area (Å²) in [6, 6.07) is 22.2. The van der Waals surface area contributed by atoms with E-state index in [0.717, 1.165) is 29.9 Å². The molecule has 4 rings (SSSR count). The fourth-order valence-corrected chi connectivity index (χ4v) is 4.54. The second-order valence-corrected chi connectivity index (χ2v) is 9.50. The summed E-state index contributed by atoms with van der Waals surface area (Å²) in [7, 11) is 0. The van der Waals surface area contributed by atoms with E-state index < -0.39 is 0 Å². The lowest BCUT2D eigenvalue weighted by Gasteiger charge is -2.44. The average Bonchev–Trinajstić information content (AvgIpc) is 2.86. The Labute approximate surface area is 211 Å². The Morgan fingerprint density at radius 3 is 2.49 bits per heavy atom. The normalized spacial score (nSPS) is 18.3. The summed E-state index contributed by atoms with van der Waals surface area (Å²) in [5.41, 5.74) is 2.95. The van der Waals surface area contributed by atoms with Gasteiger partial charge >= 0.3 is 0 Å². The molecule has 0 spiro atoms. The quantitative estimate of drug-likeness (QED) is 0.442. The van der Waals surface area contributed by atoms with E-state index in [1.54, 1.807) is 12.1 Å². The highest BCUT2D eigenvalue weighted by atomic mass is 35.5. The van der Waals surface area contributed by atoms with Gasteiger partial charge < -0.3 is 15.0 Å². The Bertz CT molecular complexity index is 1130. The lowest BCUT2D eigenvalue weighted by atomic mass is 10.1. The van der Waals surface area contributed by atoms with Crippen LogP contribution < -0.4 is 10.1 Å². The summed E-state index contributed by atoms with van der Waals surface area (Å²) in [4.78, 5) is 17.3. The molecule has 0 aromatic heterocycles. The number of nitrogens with zero attached hydrogens (tertiary/aromatic N) is 2. The molecule has 1 amide bonds. The monoisotopic (exact) mass is 495 g/mol. The molecule has 184 valence electrons. The third-order valence-electron chi connectivity index (χ3n) is 6.35. The molecule has 3 aromatic carbocycles. The van der Waals surface area contributed by atoms with Gasteiger partial charge in [-0.1, -0.05) is 54.1 Å². The summed E-state index contributed by atoms with van der Waals surface area (Å²) in [5, 5.41) is 3.95. The lowest BCUT2D eigenvalue weighted by Crippen LogP contribution is -2.58. The van der Waals surface area contributed by atoms with E-state index in [4.69, 9.17) is 16.3 Å². The molecule has 7 heteroatoms. The first-order valence-electron chi connectivity index (χ1n) is 11.9. The van der Waals surface area contributed by atoms with E-state index in [1.165, 1.54) is 12.1 Å². The standard InChI is InChI=1S/C28H31ClFN3O2/c1-20-17-33(21(2)16-32(20)18-23-8-11-25(30)12-9-23)28(34)19-35-27-13-10-24(29)14-26(27)31-15-22-6-4-3-5-7-22/h3-14,20-21,31H,15-19H2,1-2H3. The maximum atomic E-state index is 13.2.